The molecule has 1 fully saturated rings. The number of carbonyl (C=O) groups is 2. The molecule has 0 aromatic carbocycles. The molecule has 1 aromatic heterocycles. The number of hydrogen-bond acceptors (Lipinski definition) is 5. The van der Waals surface area contributed by atoms with Crippen molar-refractivity contribution >= 4 is 17.5 Å². The van der Waals surface area contributed by atoms with Crippen molar-refractivity contribution in [2.75, 3.05) is 25.0 Å². The van der Waals surface area contributed by atoms with Crippen molar-refractivity contribution in [1.29, 1.82) is 0 Å². The molecular weight excluding hydrogens is 340 g/mol. The molecule has 1 amide bonds. The summed E-state index contributed by atoms with van der Waals surface area (Å²) in [7, 11) is 0. The summed E-state index contributed by atoms with van der Waals surface area (Å²) in [4.78, 5) is 30.6. The maximum atomic E-state index is 12.2. The van der Waals surface area contributed by atoms with Gasteiger partial charge in [-0.2, -0.15) is 0 Å². The molecule has 3 heterocycles. The van der Waals surface area contributed by atoms with E-state index in [0.29, 0.717) is 6.42 Å². The largest absolute Gasteiger partial charge is 0.370 e. The average Bonchev–Trinajstić information content (AvgIpc) is 2.68. The Morgan fingerprint density at radius 1 is 1.33 bits per heavy atom. The molecule has 6 nitrogen and oxygen atoms in total. The number of rotatable bonds is 7. The third-order valence-corrected chi connectivity index (χ3v) is 5.82. The lowest BCUT2D eigenvalue weighted by molar-refractivity contribution is -0.124. The Morgan fingerprint density at radius 3 is 2.85 bits per heavy atom. The van der Waals surface area contributed by atoms with Gasteiger partial charge < -0.3 is 10.6 Å². The number of carbonyl (C=O) groups excluding carboxylic acids is 2. The molecule has 1 saturated heterocycles. The first-order chi connectivity index (χ1) is 13.0. The zero-order valence-corrected chi connectivity index (χ0v) is 16.6. The third-order valence-electron chi connectivity index (χ3n) is 5.82. The van der Waals surface area contributed by atoms with Crippen LogP contribution in [0.25, 0.3) is 0 Å². The quantitative estimate of drug-likeness (QED) is 0.768. The van der Waals surface area contributed by atoms with E-state index in [1.54, 1.807) is 6.92 Å². The van der Waals surface area contributed by atoms with E-state index < -0.39 is 0 Å². The number of aryl methyl sites for hydroxylation is 2. The number of Topliss-reactive ketones (excluding diaryl/α,β-unsaturated/α-hetero) is 1. The van der Waals surface area contributed by atoms with Crippen LogP contribution in [-0.2, 0) is 22.4 Å². The van der Waals surface area contributed by atoms with Gasteiger partial charge in [0, 0.05) is 37.8 Å². The molecule has 148 valence electrons. The number of fused-ring (bicyclic) bond motifs is 1. The lowest BCUT2D eigenvalue weighted by Gasteiger charge is -2.35. The molecule has 0 saturated carbocycles. The second kappa shape index (κ2) is 9.31. The molecule has 6 heteroatoms. The number of amides is 1. The fourth-order valence-corrected chi connectivity index (χ4v) is 3.93. The minimum Gasteiger partial charge on any atom is -0.370 e. The number of hydrogen-bond donors (Lipinski definition) is 2. The Kier molecular flexibility index (Phi) is 6.83. The first-order valence-electron chi connectivity index (χ1n) is 10.3. The van der Waals surface area contributed by atoms with Gasteiger partial charge in [0.15, 0.2) is 0 Å². The van der Waals surface area contributed by atoms with Crippen LogP contribution in [0.4, 0.5) is 5.82 Å². The monoisotopic (exact) mass is 372 g/mol. The standard InChI is InChI=1S/C21H32N4O2/c1-15(16(2)26)25-13-10-19(11-14-25)23-20(27)7-3-6-18-9-8-17-5-4-12-22-21(17)24-18/h8-9,15,19H,3-7,10-14H2,1-2H3,(H,22,24)(H,23,27)/t15-/m0/s1. The second-order valence-corrected chi connectivity index (χ2v) is 7.86. The molecule has 1 aromatic rings. The van der Waals surface area contributed by atoms with Gasteiger partial charge in [-0.1, -0.05) is 6.07 Å². The average molecular weight is 373 g/mol. The summed E-state index contributed by atoms with van der Waals surface area (Å²) in [5.74, 6) is 1.36. The normalized spacial score (nSPS) is 19.0. The predicted molar refractivity (Wildman–Crippen MR) is 107 cm³/mol. The molecule has 0 unspecified atom stereocenters. The molecule has 0 radical (unpaired) electrons. The maximum absolute atomic E-state index is 12.2. The minimum atomic E-state index is -0.0136. The van der Waals surface area contributed by atoms with Crippen molar-refractivity contribution in [2.45, 2.75) is 70.9 Å². The van der Waals surface area contributed by atoms with Crippen molar-refractivity contribution in [1.82, 2.24) is 15.2 Å². The van der Waals surface area contributed by atoms with Crippen LogP contribution in [0.1, 0.15) is 57.2 Å². The molecule has 0 aliphatic carbocycles. The van der Waals surface area contributed by atoms with Gasteiger partial charge in [-0.25, -0.2) is 4.98 Å². The van der Waals surface area contributed by atoms with Crippen molar-refractivity contribution in [3.8, 4) is 0 Å². The van der Waals surface area contributed by atoms with E-state index in [1.165, 1.54) is 12.0 Å². The molecule has 0 spiro atoms. The topological polar surface area (TPSA) is 74.3 Å². The van der Waals surface area contributed by atoms with Crippen LogP contribution in [0.15, 0.2) is 12.1 Å². The summed E-state index contributed by atoms with van der Waals surface area (Å²) in [5, 5.41) is 6.52. The summed E-state index contributed by atoms with van der Waals surface area (Å²) in [6, 6.07) is 4.48. The van der Waals surface area contributed by atoms with Crippen molar-refractivity contribution < 1.29 is 9.59 Å². The van der Waals surface area contributed by atoms with E-state index in [1.807, 2.05) is 6.92 Å². The SMILES string of the molecule is CC(=O)[C@H](C)N1CCC(NC(=O)CCCc2ccc3c(n2)NCCC3)CC1. The van der Waals surface area contributed by atoms with Crippen molar-refractivity contribution in [2.24, 2.45) is 0 Å². The highest BCUT2D eigenvalue weighted by molar-refractivity contribution is 5.81. The van der Waals surface area contributed by atoms with Crippen LogP contribution in [0.2, 0.25) is 0 Å². The molecule has 27 heavy (non-hydrogen) atoms. The Hall–Kier alpha value is -1.95. The molecule has 2 aliphatic heterocycles. The number of pyridine rings is 1. The minimum absolute atomic E-state index is 0.0136. The number of aromatic nitrogens is 1. The smallest absolute Gasteiger partial charge is 0.220 e. The third kappa shape index (κ3) is 5.51. The van der Waals surface area contributed by atoms with E-state index in [9.17, 15) is 9.59 Å². The predicted octanol–water partition coefficient (Wildman–Crippen LogP) is 2.32. The van der Waals surface area contributed by atoms with Gasteiger partial charge >= 0.3 is 0 Å². The highest BCUT2D eigenvalue weighted by Crippen LogP contribution is 2.20. The number of piperidine rings is 1. The van der Waals surface area contributed by atoms with E-state index in [-0.39, 0.29) is 23.8 Å². The number of nitrogens with one attached hydrogen (secondary N) is 2. The van der Waals surface area contributed by atoms with Gasteiger partial charge in [0.25, 0.3) is 0 Å². The first kappa shape index (κ1) is 19.8. The number of anilines is 1. The molecule has 2 aliphatic rings. The highest BCUT2D eigenvalue weighted by Gasteiger charge is 2.25. The Morgan fingerprint density at radius 2 is 2.11 bits per heavy atom. The van der Waals surface area contributed by atoms with Gasteiger partial charge in [0.05, 0.1) is 6.04 Å². The summed E-state index contributed by atoms with van der Waals surface area (Å²) in [5.41, 5.74) is 2.36. The van der Waals surface area contributed by atoms with Gasteiger partial charge in [0.1, 0.15) is 11.6 Å². The Balaban J connectivity index is 1.36. The van der Waals surface area contributed by atoms with Gasteiger partial charge in [-0.3, -0.25) is 14.5 Å². The van der Waals surface area contributed by atoms with Crippen LogP contribution >= 0.6 is 0 Å². The van der Waals surface area contributed by atoms with E-state index in [0.717, 1.165) is 63.3 Å². The van der Waals surface area contributed by atoms with Crippen LogP contribution in [0.5, 0.6) is 0 Å². The Bertz CT molecular complexity index is 668. The van der Waals surface area contributed by atoms with E-state index >= 15 is 0 Å². The molecular formula is C21H32N4O2. The van der Waals surface area contributed by atoms with Crippen LogP contribution < -0.4 is 10.6 Å². The van der Waals surface area contributed by atoms with E-state index in [2.05, 4.69) is 32.7 Å². The summed E-state index contributed by atoms with van der Waals surface area (Å²) in [6.07, 6.45) is 6.29. The second-order valence-electron chi connectivity index (χ2n) is 7.86. The van der Waals surface area contributed by atoms with Gasteiger partial charge in [-0.05, 0) is 64.0 Å². The van der Waals surface area contributed by atoms with Crippen molar-refractivity contribution in [3.05, 3.63) is 23.4 Å². The van der Waals surface area contributed by atoms with Gasteiger partial charge in [-0.15, -0.1) is 0 Å². The highest BCUT2D eigenvalue weighted by atomic mass is 16.1. The molecule has 0 bridgehead atoms. The van der Waals surface area contributed by atoms with Gasteiger partial charge in [0.2, 0.25) is 5.91 Å². The molecule has 1 atom stereocenters. The first-order valence-corrected chi connectivity index (χ1v) is 10.3. The lowest BCUT2D eigenvalue weighted by atomic mass is 10.0. The summed E-state index contributed by atoms with van der Waals surface area (Å²) in [6.45, 7) is 6.35. The summed E-state index contributed by atoms with van der Waals surface area (Å²) >= 11 is 0. The zero-order chi connectivity index (χ0) is 19.2. The fourth-order valence-electron chi connectivity index (χ4n) is 3.93. The Labute approximate surface area is 162 Å². The lowest BCUT2D eigenvalue weighted by Crippen LogP contribution is -2.48. The molecule has 3 rings (SSSR count). The zero-order valence-electron chi connectivity index (χ0n) is 16.6. The van der Waals surface area contributed by atoms with Crippen LogP contribution in [-0.4, -0.2) is 53.3 Å². The number of nitrogens with zero attached hydrogens (tertiary/aromatic N) is 2. The fraction of sp³-hybridized carbons (Fsp3) is 0.667. The van der Waals surface area contributed by atoms with E-state index in [4.69, 9.17) is 0 Å². The van der Waals surface area contributed by atoms with Crippen LogP contribution in [0, 0.1) is 0 Å². The summed E-state index contributed by atoms with van der Waals surface area (Å²) < 4.78 is 0. The number of likely N-dealkylation sites (tertiary alicyclic amines) is 1. The van der Waals surface area contributed by atoms with Crippen molar-refractivity contribution in [3.63, 3.8) is 0 Å². The molecule has 2 N–H and O–H groups in total. The van der Waals surface area contributed by atoms with Crippen LogP contribution in [0.3, 0.4) is 0 Å². The number of ketones is 1. The maximum Gasteiger partial charge on any atom is 0.220 e.